The van der Waals surface area contributed by atoms with E-state index < -0.39 is 11.2 Å². The second kappa shape index (κ2) is 10.1. The number of hydrogen-bond acceptors (Lipinski definition) is 4. The van der Waals surface area contributed by atoms with Gasteiger partial charge in [-0.2, -0.15) is 0 Å². The molecule has 0 unspecified atom stereocenters. The number of nitrogens with zero attached hydrogens (tertiary/aromatic N) is 2. The van der Waals surface area contributed by atoms with Crippen molar-refractivity contribution in [1.82, 2.24) is 9.55 Å². The summed E-state index contributed by atoms with van der Waals surface area (Å²) < 4.78 is 1.35. The number of carbonyl (C=O) groups excluding carboxylic acids is 1. The maximum absolute atomic E-state index is 13.1. The van der Waals surface area contributed by atoms with Crippen molar-refractivity contribution in [2.24, 2.45) is 5.92 Å². The molecule has 1 amide bonds. The molecule has 1 heterocycles. The molecule has 0 spiro atoms. The SMILES string of the molecule is CCCCn1c(N)c(N(CC(C)C)C(=O)CCc2ccc(C)cc2)c(=O)[nH]c1=O. The molecule has 0 aliphatic carbocycles. The Morgan fingerprint density at radius 1 is 1.21 bits per heavy atom. The molecule has 0 aliphatic rings. The molecule has 0 radical (unpaired) electrons. The van der Waals surface area contributed by atoms with Crippen LogP contribution in [0.2, 0.25) is 0 Å². The van der Waals surface area contributed by atoms with Gasteiger partial charge in [-0.15, -0.1) is 0 Å². The maximum atomic E-state index is 13.1. The number of aryl methyl sites for hydroxylation is 2. The summed E-state index contributed by atoms with van der Waals surface area (Å²) in [5, 5.41) is 0. The first kappa shape index (κ1) is 22.5. The van der Waals surface area contributed by atoms with Gasteiger partial charge in [-0.05, 0) is 31.2 Å². The summed E-state index contributed by atoms with van der Waals surface area (Å²) in [7, 11) is 0. The summed E-state index contributed by atoms with van der Waals surface area (Å²) in [5.74, 6) is 0.00171. The highest BCUT2D eigenvalue weighted by atomic mass is 16.2. The van der Waals surface area contributed by atoms with Gasteiger partial charge in [0, 0.05) is 19.5 Å². The Morgan fingerprint density at radius 3 is 2.45 bits per heavy atom. The molecule has 0 bridgehead atoms. The van der Waals surface area contributed by atoms with Crippen LogP contribution < -0.4 is 21.9 Å². The number of unbranched alkanes of at least 4 members (excludes halogenated alkanes) is 1. The number of H-pyrrole nitrogens is 1. The number of nitrogen functional groups attached to an aromatic ring is 1. The molecule has 0 saturated heterocycles. The highest BCUT2D eigenvalue weighted by molar-refractivity contribution is 5.95. The Bertz CT molecular complexity index is 942. The maximum Gasteiger partial charge on any atom is 0.330 e. The third kappa shape index (κ3) is 5.82. The van der Waals surface area contributed by atoms with Crippen LogP contribution in [0.25, 0.3) is 0 Å². The fraction of sp³-hybridized carbons (Fsp3) is 0.500. The number of hydrogen-bond donors (Lipinski definition) is 2. The van der Waals surface area contributed by atoms with Crippen molar-refractivity contribution < 1.29 is 4.79 Å². The zero-order chi connectivity index (χ0) is 21.6. The minimum atomic E-state index is -0.621. The van der Waals surface area contributed by atoms with Crippen molar-refractivity contribution in [2.45, 2.75) is 59.9 Å². The van der Waals surface area contributed by atoms with Gasteiger partial charge in [0.05, 0.1) is 0 Å². The Morgan fingerprint density at radius 2 is 1.86 bits per heavy atom. The van der Waals surface area contributed by atoms with E-state index in [9.17, 15) is 14.4 Å². The highest BCUT2D eigenvalue weighted by Crippen LogP contribution is 2.20. The van der Waals surface area contributed by atoms with Crippen molar-refractivity contribution >= 4 is 17.4 Å². The molecule has 29 heavy (non-hydrogen) atoms. The molecule has 0 saturated carbocycles. The Kier molecular flexibility index (Phi) is 7.82. The van der Waals surface area contributed by atoms with Gasteiger partial charge in [0.25, 0.3) is 5.56 Å². The van der Waals surface area contributed by atoms with Gasteiger partial charge >= 0.3 is 5.69 Å². The van der Waals surface area contributed by atoms with Crippen molar-refractivity contribution in [3.63, 3.8) is 0 Å². The van der Waals surface area contributed by atoms with Crippen LogP contribution in [0.4, 0.5) is 11.5 Å². The first-order valence-corrected chi connectivity index (χ1v) is 10.2. The molecule has 1 aromatic heterocycles. The van der Waals surface area contributed by atoms with Crippen molar-refractivity contribution in [1.29, 1.82) is 0 Å². The average Bonchev–Trinajstić information content (AvgIpc) is 2.66. The Hall–Kier alpha value is -2.83. The van der Waals surface area contributed by atoms with Crippen LogP contribution in [0, 0.1) is 12.8 Å². The average molecular weight is 401 g/mol. The van der Waals surface area contributed by atoms with Gasteiger partial charge in [-0.25, -0.2) is 4.79 Å². The van der Waals surface area contributed by atoms with Crippen LogP contribution in [-0.4, -0.2) is 22.0 Å². The minimum absolute atomic E-state index is 0.0523. The molecule has 2 rings (SSSR count). The second-order valence-electron chi connectivity index (χ2n) is 7.88. The first-order valence-electron chi connectivity index (χ1n) is 10.2. The van der Waals surface area contributed by atoms with Crippen LogP contribution in [0.3, 0.4) is 0 Å². The highest BCUT2D eigenvalue weighted by Gasteiger charge is 2.24. The van der Waals surface area contributed by atoms with Gasteiger partial charge in [0.15, 0.2) is 5.69 Å². The lowest BCUT2D eigenvalue weighted by molar-refractivity contribution is -0.118. The monoisotopic (exact) mass is 400 g/mol. The summed E-state index contributed by atoms with van der Waals surface area (Å²) in [6, 6.07) is 8.03. The van der Waals surface area contributed by atoms with Crippen LogP contribution in [-0.2, 0) is 17.8 Å². The number of rotatable bonds is 9. The third-order valence-corrected chi connectivity index (χ3v) is 4.82. The van der Waals surface area contributed by atoms with E-state index in [0.717, 1.165) is 24.0 Å². The number of aromatic nitrogens is 2. The topological polar surface area (TPSA) is 101 Å². The van der Waals surface area contributed by atoms with E-state index in [4.69, 9.17) is 5.73 Å². The normalized spacial score (nSPS) is 11.1. The minimum Gasteiger partial charge on any atom is -0.383 e. The predicted molar refractivity (Wildman–Crippen MR) is 117 cm³/mol. The fourth-order valence-electron chi connectivity index (χ4n) is 3.20. The largest absolute Gasteiger partial charge is 0.383 e. The van der Waals surface area contributed by atoms with Crippen LogP contribution in [0.1, 0.15) is 51.2 Å². The molecular weight excluding hydrogens is 368 g/mol. The van der Waals surface area contributed by atoms with Crippen LogP contribution in [0.5, 0.6) is 0 Å². The zero-order valence-electron chi connectivity index (χ0n) is 17.8. The smallest absolute Gasteiger partial charge is 0.330 e. The molecular formula is C22H32N4O3. The summed E-state index contributed by atoms with van der Waals surface area (Å²) in [6.07, 6.45) is 2.45. The number of nitrogens with two attached hydrogens (primary N) is 1. The van der Waals surface area contributed by atoms with Gasteiger partial charge in [-0.3, -0.25) is 19.1 Å². The zero-order valence-corrected chi connectivity index (χ0v) is 17.8. The van der Waals surface area contributed by atoms with Crippen molar-refractivity contribution in [2.75, 3.05) is 17.2 Å². The number of nitrogens with one attached hydrogen (secondary N) is 1. The predicted octanol–water partition coefficient (Wildman–Crippen LogP) is 2.85. The number of amides is 1. The second-order valence-corrected chi connectivity index (χ2v) is 7.88. The summed E-state index contributed by atoms with van der Waals surface area (Å²) >= 11 is 0. The van der Waals surface area contributed by atoms with Crippen molar-refractivity contribution in [3.8, 4) is 0 Å². The van der Waals surface area contributed by atoms with E-state index >= 15 is 0 Å². The van der Waals surface area contributed by atoms with E-state index in [-0.39, 0.29) is 29.8 Å². The molecule has 0 atom stereocenters. The quantitative estimate of drug-likeness (QED) is 0.676. The molecule has 1 aromatic carbocycles. The molecule has 158 valence electrons. The third-order valence-electron chi connectivity index (χ3n) is 4.82. The van der Waals surface area contributed by atoms with Gasteiger partial charge in [0.1, 0.15) is 5.82 Å². The molecule has 2 aromatic rings. The molecule has 0 fully saturated rings. The fourth-order valence-corrected chi connectivity index (χ4v) is 3.20. The van der Waals surface area contributed by atoms with Gasteiger partial charge in [0.2, 0.25) is 5.91 Å². The number of benzene rings is 1. The lowest BCUT2D eigenvalue weighted by atomic mass is 10.1. The number of aromatic amines is 1. The van der Waals surface area contributed by atoms with E-state index in [2.05, 4.69) is 4.98 Å². The van der Waals surface area contributed by atoms with Crippen molar-refractivity contribution in [3.05, 3.63) is 56.2 Å². The number of carbonyl (C=O) groups is 1. The van der Waals surface area contributed by atoms with Crippen LogP contribution in [0.15, 0.2) is 33.9 Å². The Balaban J connectivity index is 2.35. The lowest BCUT2D eigenvalue weighted by Crippen LogP contribution is -2.42. The Labute approximate surface area is 171 Å². The standard InChI is InChI=1S/C22H32N4O3/c1-5-6-13-25-20(23)19(21(28)24-22(25)29)26(14-15(2)3)18(27)12-11-17-9-7-16(4)8-10-17/h7-10,15H,5-6,11-14,23H2,1-4H3,(H,24,28,29). The molecule has 7 heteroatoms. The first-order chi connectivity index (χ1) is 13.7. The molecule has 0 aliphatic heterocycles. The van der Waals surface area contributed by atoms with Crippen LogP contribution >= 0.6 is 0 Å². The summed E-state index contributed by atoms with van der Waals surface area (Å²) in [5.41, 5.74) is 7.35. The van der Waals surface area contributed by atoms with E-state index in [1.165, 1.54) is 9.47 Å². The number of anilines is 2. The molecule has 3 N–H and O–H groups in total. The molecule has 7 nitrogen and oxygen atoms in total. The summed E-state index contributed by atoms with van der Waals surface area (Å²) in [4.78, 5) is 41.6. The van der Waals surface area contributed by atoms with E-state index in [1.54, 1.807) is 0 Å². The van der Waals surface area contributed by atoms with E-state index in [0.29, 0.717) is 19.5 Å². The summed E-state index contributed by atoms with van der Waals surface area (Å²) in [6.45, 7) is 8.72. The van der Waals surface area contributed by atoms with Gasteiger partial charge < -0.3 is 10.6 Å². The van der Waals surface area contributed by atoms with Gasteiger partial charge in [-0.1, -0.05) is 57.0 Å². The van der Waals surface area contributed by atoms with E-state index in [1.807, 2.05) is 52.0 Å². The lowest BCUT2D eigenvalue weighted by Gasteiger charge is -2.26.